The number of hydrogen-bond donors (Lipinski definition) is 3. The Balaban J connectivity index is 1.93. The van der Waals surface area contributed by atoms with Crippen LogP contribution in [0.3, 0.4) is 0 Å². The lowest BCUT2D eigenvalue weighted by Crippen LogP contribution is -2.56. The number of carbonyl (C=O) groups is 3. The highest BCUT2D eigenvalue weighted by Gasteiger charge is 2.58. The maximum atomic E-state index is 13.7. The van der Waals surface area contributed by atoms with Crippen LogP contribution in [0.4, 0.5) is 0 Å². The molecule has 0 aliphatic heterocycles. The van der Waals surface area contributed by atoms with E-state index in [-0.39, 0.29) is 41.4 Å². The van der Waals surface area contributed by atoms with Crippen LogP contribution in [0.1, 0.15) is 73.5 Å². The van der Waals surface area contributed by atoms with E-state index in [2.05, 4.69) is 0 Å². The summed E-state index contributed by atoms with van der Waals surface area (Å²) in [6, 6.07) is 1.86. The smallest absolute Gasteiger partial charge is 0.205 e. The highest BCUT2D eigenvalue weighted by molar-refractivity contribution is 6.25. The predicted octanol–water partition coefficient (Wildman–Crippen LogP) is 3.46. The minimum atomic E-state index is -2.32. The molecule has 1 aromatic carbocycles. The molecule has 3 aliphatic rings. The first-order valence-corrected chi connectivity index (χ1v) is 11.3. The van der Waals surface area contributed by atoms with Gasteiger partial charge in [-0.3, -0.25) is 14.4 Å². The number of hydrogen-bond acceptors (Lipinski definition) is 7. The number of methoxy groups -OCH3 is 1. The Morgan fingerprint density at radius 3 is 2.48 bits per heavy atom. The second kappa shape index (κ2) is 7.92. The third kappa shape index (κ3) is 3.21. The quantitative estimate of drug-likeness (QED) is 0.596. The Bertz CT molecular complexity index is 1150. The highest BCUT2D eigenvalue weighted by Crippen LogP contribution is 2.52. The normalized spacial score (nSPS) is 27.0. The van der Waals surface area contributed by atoms with Gasteiger partial charge in [0.25, 0.3) is 0 Å². The molecule has 33 heavy (non-hydrogen) atoms. The Morgan fingerprint density at radius 1 is 1.24 bits per heavy atom. The number of carbonyl (C=O) groups excluding carboxylic acids is 3. The third-order valence-electron chi connectivity index (χ3n) is 7.45. The van der Waals surface area contributed by atoms with Crippen LogP contribution in [0.2, 0.25) is 0 Å². The van der Waals surface area contributed by atoms with Gasteiger partial charge in [0.1, 0.15) is 11.5 Å². The van der Waals surface area contributed by atoms with Crippen molar-refractivity contribution in [1.29, 1.82) is 0 Å². The number of ether oxygens (including phenoxy) is 1. The van der Waals surface area contributed by atoms with Crippen molar-refractivity contribution in [2.75, 3.05) is 7.11 Å². The van der Waals surface area contributed by atoms with Crippen LogP contribution in [0.15, 0.2) is 28.5 Å². The van der Waals surface area contributed by atoms with Gasteiger partial charge in [0, 0.05) is 24.2 Å². The van der Waals surface area contributed by atoms with E-state index in [9.17, 15) is 29.7 Å². The van der Waals surface area contributed by atoms with Gasteiger partial charge in [0.05, 0.1) is 17.7 Å². The van der Waals surface area contributed by atoms with Crippen molar-refractivity contribution >= 4 is 17.3 Å². The van der Waals surface area contributed by atoms with Gasteiger partial charge in [-0.05, 0) is 62.1 Å². The topological polar surface area (TPSA) is 121 Å². The number of aromatic hydroxyl groups is 1. The van der Waals surface area contributed by atoms with Crippen LogP contribution in [-0.2, 0) is 27.4 Å². The Morgan fingerprint density at radius 2 is 1.91 bits per heavy atom. The molecule has 0 spiro atoms. The number of phenolic OH excluding ortho intramolecular Hbond substituents is 1. The molecule has 1 aromatic rings. The number of Topliss-reactive ketones (excluding diaryl/α,β-unsaturated/α-hetero) is 3. The zero-order valence-corrected chi connectivity index (χ0v) is 19.6. The molecule has 176 valence electrons. The van der Waals surface area contributed by atoms with Gasteiger partial charge >= 0.3 is 0 Å². The van der Waals surface area contributed by atoms with Gasteiger partial charge in [-0.2, -0.15) is 0 Å². The Hall–Kier alpha value is -2.77. The number of ketones is 3. The standard InChI is InChI=1S/C26H30O7/c1-11(2)17-9-15(10-33-5)22(28)21-18(17)8-14-7-16-6-12(3)19(13(4)27)24(30)26(16,32)25(31)20(14)23(21)29/h9,11,14,16,28,31-32H,6-8,10H2,1-5H3/t14-,16-,26-/m1/s1. The van der Waals surface area contributed by atoms with E-state index in [0.717, 1.165) is 11.1 Å². The predicted molar refractivity (Wildman–Crippen MR) is 120 cm³/mol. The fourth-order valence-corrected chi connectivity index (χ4v) is 5.96. The monoisotopic (exact) mass is 454 g/mol. The third-order valence-corrected chi connectivity index (χ3v) is 7.45. The van der Waals surface area contributed by atoms with Crippen LogP contribution in [-0.4, -0.2) is 45.4 Å². The second-order valence-corrected chi connectivity index (χ2v) is 9.85. The molecule has 0 radical (unpaired) electrons. The number of benzene rings is 1. The number of phenols is 1. The van der Waals surface area contributed by atoms with Crippen molar-refractivity contribution in [3.05, 3.63) is 50.8 Å². The molecule has 0 unspecified atom stereocenters. The summed E-state index contributed by atoms with van der Waals surface area (Å²) in [4.78, 5) is 39.0. The zero-order chi connectivity index (χ0) is 24.4. The van der Waals surface area contributed by atoms with Crippen molar-refractivity contribution in [3.63, 3.8) is 0 Å². The molecule has 0 saturated carbocycles. The zero-order valence-electron chi connectivity index (χ0n) is 19.6. The fourth-order valence-electron chi connectivity index (χ4n) is 5.96. The summed E-state index contributed by atoms with van der Waals surface area (Å²) in [7, 11) is 1.49. The summed E-state index contributed by atoms with van der Waals surface area (Å²) < 4.78 is 5.19. The maximum Gasteiger partial charge on any atom is 0.205 e. The van der Waals surface area contributed by atoms with Gasteiger partial charge in [-0.25, -0.2) is 0 Å². The van der Waals surface area contributed by atoms with Gasteiger partial charge in [0.2, 0.25) is 5.78 Å². The largest absolute Gasteiger partial charge is 0.508 e. The van der Waals surface area contributed by atoms with Crippen molar-refractivity contribution in [2.45, 2.75) is 65.1 Å². The Kier molecular flexibility index (Phi) is 5.61. The molecule has 4 rings (SSSR count). The van der Waals surface area contributed by atoms with Crippen molar-refractivity contribution in [1.82, 2.24) is 0 Å². The lowest BCUT2D eigenvalue weighted by molar-refractivity contribution is -0.143. The van der Waals surface area contributed by atoms with Gasteiger partial charge < -0.3 is 20.1 Å². The summed E-state index contributed by atoms with van der Waals surface area (Å²) in [6.45, 7) is 7.07. The second-order valence-electron chi connectivity index (χ2n) is 9.85. The van der Waals surface area contributed by atoms with Crippen LogP contribution < -0.4 is 0 Å². The van der Waals surface area contributed by atoms with E-state index in [0.29, 0.717) is 24.0 Å². The highest BCUT2D eigenvalue weighted by atomic mass is 16.5. The molecular formula is C26H30O7. The van der Waals surface area contributed by atoms with E-state index in [4.69, 9.17) is 4.74 Å². The van der Waals surface area contributed by atoms with E-state index >= 15 is 0 Å². The molecule has 0 heterocycles. The average molecular weight is 455 g/mol. The maximum absolute atomic E-state index is 13.7. The molecule has 0 fully saturated rings. The molecule has 0 aromatic heterocycles. The van der Waals surface area contributed by atoms with E-state index in [1.807, 2.05) is 19.9 Å². The van der Waals surface area contributed by atoms with E-state index < -0.39 is 40.5 Å². The molecule has 0 amide bonds. The van der Waals surface area contributed by atoms with Crippen LogP contribution in [0.5, 0.6) is 5.75 Å². The molecule has 7 nitrogen and oxygen atoms in total. The van der Waals surface area contributed by atoms with Gasteiger partial charge in [0.15, 0.2) is 17.2 Å². The summed E-state index contributed by atoms with van der Waals surface area (Å²) in [5, 5.41) is 33.6. The minimum Gasteiger partial charge on any atom is -0.508 e. The molecule has 3 N–H and O–H groups in total. The molecule has 3 atom stereocenters. The van der Waals surface area contributed by atoms with Gasteiger partial charge in [-0.15, -0.1) is 0 Å². The number of allylic oxidation sites excluding steroid dienone is 2. The first kappa shape index (κ1) is 23.4. The van der Waals surface area contributed by atoms with Crippen molar-refractivity contribution < 1.29 is 34.4 Å². The molecule has 0 saturated heterocycles. The summed E-state index contributed by atoms with van der Waals surface area (Å²) in [5.74, 6) is -3.77. The van der Waals surface area contributed by atoms with Crippen molar-refractivity contribution in [3.8, 4) is 5.75 Å². The molecular weight excluding hydrogens is 424 g/mol. The SMILES string of the molecule is COCc1cc(C(C)C)c2c(c1O)C(=O)C1=C(O)[C@]3(O)C(=O)C(C(C)=O)=C(C)C[C@@H]3C[C@@H]1C2. The summed E-state index contributed by atoms with van der Waals surface area (Å²) in [5.41, 5.74) is 0.327. The fraction of sp³-hybridized carbons (Fsp3) is 0.500. The number of fused-ring (bicyclic) bond motifs is 3. The summed E-state index contributed by atoms with van der Waals surface area (Å²) in [6.07, 6.45) is 0.993. The number of aliphatic hydroxyl groups excluding tert-OH is 1. The van der Waals surface area contributed by atoms with E-state index in [1.165, 1.54) is 14.0 Å². The molecule has 0 bridgehead atoms. The average Bonchev–Trinajstić information content (AvgIpc) is 2.72. The van der Waals surface area contributed by atoms with Crippen LogP contribution in [0.25, 0.3) is 0 Å². The Labute approximate surface area is 192 Å². The lowest BCUT2D eigenvalue weighted by Gasteiger charge is -2.46. The number of rotatable bonds is 4. The minimum absolute atomic E-state index is 0.0448. The first-order chi connectivity index (χ1) is 15.4. The van der Waals surface area contributed by atoms with Gasteiger partial charge in [-0.1, -0.05) is 19.4 Å². The molecule has 3 aliphatic carbocycles. The van der Waals surface area contributed by atoms with Crippen LogP contribution >= 0.6 is 0 Å². The van der Waals surface area contributed by atoms with Crippen molar-refractivity contribution in [2.24, 2.45) is 11.8 Å². The van der Waals surface area contributed by atoms with Crippen LogP contribution in [0, 0.1) is 11.8 Å². The number of aliphatic hydroxyl groups is 2. The van der Waals surface area contributed by atoms with E-state index in [1.54, 1.807) is 6.92 Å². The lowest BCUT2D eigenvalue weighted by atomic mass is 9.59. The summed E-state index contributed by atoms with van der Waals surface area (Å²) >= 11 is 0. The first-order valence-electron chi connectivity index (χ1n) is 11.3. The molecule has 7 heteroatoms.